The van der Waals surface area contributed by atoms with Crippen LogP contribution in [0.1, 0.15) is 43.5 Å². The van der Waals surface area contributed by atoms with Gasteiger partial charge in [0.25, 0.3) is 0 Å². The molecule has 0 unspecified atom stereocenters. The van der Waals surface area contributed by atoms with Gasteiger partial charge in [-0.05, 0) is 24.1 Å². The molecule has 0 atom stereocenters. The third-order valence-electron chi connectivity index (χ3n) is 2.86. The number of Topliss-reactive ketones (excluding diaryl/α,β-unsaturated/α-hetero) is 1. The predicted octanol–water partition coefficient (Wildman–Crippen LogP) is 5.22. The molecule has 0 aliphatic carbocycles. The summed E-state index contributed by atoms with van der Waals surface area (Å²) in [7, 11) is 0. The van der Waals surface area contributed by atoms with E-state index in [1.54, 1.807) is 0 Å². The quantitative estimate of drug-likeness (QED) is 0.667. The van der Waals surface area contributed by atoms with Crippen molar-refractivity contribution in [2.45, 2.75) is 33.1 Å². The van der Waals surface area contributed by atoms with Crippen LogP contribution in [0.2, 0.25) is 0 Å². The molecule has 1 aromatic rings. The van der Waals surface area contributed by atoms with Gasteiger partial charge in [0.15, 0.2) is 5.78 Å². The van der Waals surface area contributed by atoms with Crippen molar-refractivity contribution in [3.63, 3.8) is 0 Å². The molecule has 1 nitrogen and oxygen atoms in total. The van der Waals surface area contributed by atoms with Crippen molar-refractivity contribution < 1.29 is 4.79 Å². The predicted molar refractivity (Wildman–Crippen MR) is 74.9 cm³/mol. The topological polar surface area (TPSA) is 17.1 Å². The van der Waals surface area contributed by atoms with Crippen LogP contribution < -0.4 is 0 Å². The Balaban J connectivity index is 2.80. The molecule has 1 rings (SSSR count). The van der Waals surface area contributed by atoms with Crippen molar-refractivity contribution in [3.8, 4) is 0 Å². The first kappa shape index (κ1) is 13.9. The van der Waals surface area contributed by atoms with E-state index in [4.69, 9.17) is 0 Å². The zero-order valence-corrected chi connectivity index (χ0v) is 12.8. The highest BCUT2D eigenvalue weighted by Crippen LogP contribution is 2.25. The number of ketones is 1. The molecule has 0 aliphatic rings. The Labute approximate surface area is 114 Å². The summed E-state index contributed by atoms with van der Waals surface area (Å²) in [4.78, 5) is 12.1. The maximum absolute atomic E-state index is 12.1. The Morgan fingerprint density at radius 2 is 1.88 bits per heavy atom. The van der Waals surface area contributed by atoms with Gasteiger partial charge in [0, 0.05) is 20.9 Å². The lowest BCUT2D eigenvalue weighted by Crippen LogP contribution is -2.08. The zero-order valence-electron chi connectivity index (χ0n) is 9.59. The maximum atomic E-state index is 12.1. The van der Waals surface area contributed by atoms with Gasteiger partial charge in [0.2, 0.25) is 0 Å². The number of halogens is 2. The number of carbonyl (C=O) groups excluding carboxylic acids is 1. The Hall–Kier alpha value is -0.150. The van der Waals surface area contributed by atoms with Crippen LogP contribution in [0.4, 0.5) is 0 Å². The first-order valence-corrected chi connectivity index (χ1v) is 7.15. The fourth-order valence-electron chi connectivity index (χ4n) is 1.67. The van der Waals surface area contributed by atoms with E-state index in [1.165, 1.54) is 0 Å². The number of carbonyl (C=O) groups is 1. The van der Waals surface area contributed by atoms with E-state index in [0.717, 1.165) is 27.4 Å². The molecule has 0 radical (unpaired) electrons. The van der Waals surface area contributed by atoms with Crippen LogP contribution >= 0.6 is 31.9 Å². The van der Waals surface area contributed by atoms with Crippen LogP contribution in [-0.2, 0) is 0 Å². The summed E-state index contributed by atoms with van der Waals surface area (Å²) in [6.07, 6.45) is 2.78. The van der Waals surface area contributed by atoms with E-state index in [2.05, 4.69) is 45.7 Å². The van der Waals surface area contributed by atoms with E-state index in [-0.39, 0.29) is 5.78 Å². The SMILES string of the molecule is CCC(CC)CC(=O)c1ccc(Br)cc1Br. The summed E-state index contributed by atoms with van der Waals surface area (Å²) in [5.41, 5.74) is 0.787. The molecule has 0 spiro atoms. The second-order valence-corrected chi connectivity index (χ2v) is 5.70. The molecular weight excluding hydrogens is 332 g/mol. The summed E-state index contributed by atoms with van der Waals surface area (Å²) >= 11 is 6.81. The van der Waals surface area contributed by atoms with Gasteiger partial charge in [-0.25, -0.2) is 0 Å². The molecule has 88 valence electrons. The minimum Gasteiger partial charge on any atom is -0.294 e. The van der Waals surface area contributed by atoms with E-state index < -0.39 is 0 Å². The molecule has 0 aromatic heterocycles. The van der Waals surface area contributed by atoms with Crippen molar-refractivity contribution in [1.29, 1.82) is 0 Å². The van der Waals surface area contributed by atoms with Gasteiger partial charge in [-0.1, -0.05) is 58.5 Å². The Kier molecular flexibility index (Phi) is 5.70. The molecule has 0 saturated carbocycles. The van der Waals surface area contributed by atoms with Gasteiger partial charge in [0.1, 0.15) is 0 Å². The number of benzene rings is 1. The van der Waals surface area contributed by atoms with E-state index in [0.29, 0.717) is 12.3 Å². The summed E-state index contributed by atoms with van der Waals surface area (Å²) in [6, 6.07) is 5.70. The normalized spacial score (nSPS) is 10.8. The molecule has 0 bridgehead atoms. The number of hydrogen-bond donors (Lipinski definition) is 0. The van der Waals surface area contributed by atoms with Crippen LogP contribution in [-0.4, -0.2) is 5.78 Å². The van der Waals surface area contributed by atoms with Gasteiger partial charge in [-0.3, -0.25) is 4.79 Å². The second-order valence-electron chi connectivity index (χ2n) is 3.93. The van der Waals surface area contributed by atoms with Gasteiger partial charge >= 0.3 is 0 Å². The van der Waals surface area contributed by atoms with Crippen LogP contribution in [0.5, 0.6) is 0 Å². The average molecular weight is 348 g/mol. The average Bonchev–Trinajstić information content (AvgIpc) is 2.25. The fraction of sp³-hybridized carbons (Fsp3) is 0.462. The zero-order chi connectivity index (χ0) is 12.1. The Morgan fingerprint density at radius 3 is 2.38 bits per heavy atom. The molecule has 0 amide bonds. The van der Waals surface area contributed by atoms with Crippen molar-refractivity contribution in [3.05, 3.63) is 32.7 Å². The highest BCUT2D eigenvalue weighted by molar-refractivity contribution is 9.11. The fourth-order valence-corrected chi connectivity index (χ4v) is 2.93. The molecule has 0 N–H and O–H groups in total. The third kappa shape index (κ3) is 3.70. The standard InChI is InChI=1S/C13H16Br2O/c1-3-9(4-2)7-13(16)11-6-5-10(14)8-12(11)15/h5-6,8-9H,3-4,7H2,1-2H3. The lowest BCUT2D eigenvalue weighted by atomic mass is 9.94. The summed E-state index contributed by atoms with van der Waals surface area (Å²) < 4.78 is 1.86. The van der Waals surface area contributed by atoms with Gasteiger partial charge in [0.05, 0.1) is 0 Å². The molecule has 0 aliphatic heterocycles. The highest BCUT2D eigenvalue weighted by Gasteiger charge is 2.14. The van der Waals surface area contributed by atoms with Gasteiger partial charge in [-0.2, -0.15) is 0 Å². The van der Waals surface area contributed by atoms with Crippen molar-refractivity contribution in [2.24, 2.45) is 5.92 Å². The number of rotatable bonds is 5. The monoisotopic (exact) mass is 346 g/mol. The molecule has 16 heavy (non-hydrogen) atoms. The van der Waals surface area contributed by atoms with E-state index in [9.17, 15) is 4.79 Å². The Bertz CT molecular complexity index is 370. The first-order valence-electron chi connectivity index (χ1n) is 5.56. The van der Waals surface area contributed by atoms with Crippen LogP contribution in [0, 0.1) is 5.92 Å². The highest BCUT2D eigenvalue weighted by atomic mass is 79.9. The van der Waals surface area contributed by atoms with Crippen molar-refractivity contribution in [1.82, 2.24) is 0 Å². The van der Waals surface area contributed by atoms with Crippen LogP contribution in [0.25, 0.3) is 0 Å². The minimum atomic E-state index is 0.230. The molecular formula is C13H16Br2O. The molecule has 1 aromatic carbocycles. The van der Waals surface area contributed by atoms with Crippen LogP contribution in [0.3, 0.4) is 0 Å². The molecule has 0 heterocycles. The lowest BCUT2D eigenvalue weighted by Gasteiger charge is -2.11. The largest absolute Gasteiger partial charge is 0.294 e. The molecule has 0 fully saturated rings. The van der Waals surface area contributed by atoms with Gasteiger partial charge in [-0.15, -0.1) is 0 Å². The lowest BCUT2D eigenvalue weighted by molar-refractivity contribution is 0.0958. The van der Waals surface area contributed by atoms with Crippen molar-refractivity contribution >= 4 is 37.6 Å². The molecule has 0 saturated heterocycles. The first-order chi connectivity index (χ1) is 7.58. The maximum Gasteiger partial charge on any atom is 0.164 e. The minimum absolute atomic E-state index is 0.230. The summed E-state index contributed by atoms with van der Waals surface area (Å²) in [5.74, 6) is 0.733. The van der Waals surface area contributed by atoms with Gasteiger partial charge < -0.3 is 0 Å². The van der Waals surface area contributed by atoms with E-state index in [1.807, 2.05) is 18.2 Å². The summed E-state index contributed by atoms with van der Waals surface area (Å²) in [6.45, 7) is 4.27. The summed E-state index contributed by atoms with van der Waals surface area (Å²) in [5, 5.41) is 0. The Morgan fingerprint density at radius 1 is 1.25 bits per heavy atom. The third-order valence-corrected chi connectivity index (χ3v) is 4.01. The van der Waals surface area contributed by atoms with Crippen molar-refractivity contribution in [2.75, 3.05) is 0 Å². The second kappa shape index (κ2) is 6.55. The number of hydrogen-bond acceptors (Lipinski definition) is 1. The van der Waals surface area contributed by atoms with Crippen LogP contribution in [0.15, 0.2) is 27.1 Å². The van der Waals surface area contributed by atoms with E-state index >= 15 is 0 Å². The smallest absolute Gasteiger partial charge is 0.164 e. The molecule has 3 heteroatoms.